The Balaban J connectivity index is 2.00. The molecule has 0 unspecified atom stereocenters. The lowest BCUT2D eigenvalue weighted by atomic mass is 10.1. The third-order valence-corrected chi connectivity index (χ3v) is 17.6. The van der Waals surface area contributed by atoms with Crippen LogP contribution in [-0.4, -0.2) is 54.8 Å². The Morgan fingerprint density at radius 1 is 1.03 bits per heavy atom. The summed E-state index contributed by atoms with van der Waals surface area (Å²) in [6.07, 6.45) is 1.21. The second-order valence-corrected chi connectivity index (χ2v) is 23.0. The van der Waals surface area contributed by atoms with Crippen LogP contribution in [0.5, 0.6) is 0 Å². The molecule has 0 bridgehead atoms. The quantitative estimate of drug-likeness (QED) is 0.426. The van der Waals surface area contributed by atoms with Gasteiger partial charge >= 0.3 is 5.69 Å². The second-order valence-electron chi connectivity index (χ2n) is 13.5. The number of nitrogens with zero attached hydrogens (tertiary/aromatic N) is 2. The van der Waals surface area contributed by atoms with Gasteiger partial charge in [0.2, 0.25) is 11.9 Å². The number of carbonyl (C=O) groups excluding carboxylic acids is 1. The Hall–Kier alpha value is -2.03. The zero-order chi connectivity index (χ0) is 28.1. The molecule has 1 aliphatic carbocycles. The molecule has 1 fully saturated rings. The van der Waals surface area contributed by atoms with E-state index in [1.54, 1.807) is 4.57 Å². The minimum atomic E-state index is -2.10. The molecule has 3 N–H and O–H groups in total. The van der Waals surface area contributed by atoms with Crippen LogP contribution in [0.4, 0.5) is 5.95 Å². The monoisotopic (exact) mass is 551 g/mol. The zero-order valence-electron chi connectivity index (χ0n) is 24.3. The largest absolute Gasteiger partial charge is 0.416 e. The number of amides is 1. The maximum atomic E-state index is 13.1. The molecule has 37 heavy (non-hydrogen) atoms. The summed E-state index contributed by atoms with van der Waals surface area (Å²) < 4.78 is 15.1. The number of imidazole rings is 1. The Kier molecular flexibility index (Phi) is 7.93. The summed E-state index contributed by atoms with van der Waals surface area (Å²) in [5.74, 6) is -0.247. The normalized spacial score (nSPS) is 21.5. The van der Waals surface area contributed by atoms with Gasteiger partial charge in [0.25, 0.3) is 5.56 Å². The van der Waals surface area contributed by atoms with Crippen molar-refractivity contribution in [1.29, 1.82) is 0 Å². The molecule has 3 atom stereocenters. The van der Waals surface area contributed by atoms with Crippen LogP contribution < -0.4 is 16.6 Å². The van der Waals surface area contributed by atoms with Crippen molar-refractivity contribution in [3.05, 3.63) is 20.8 Å². The third kappa shape index (κ3) is 6.18. The van der Waals surface area contributed by atoms with E-state index in [1.165, 1.54) is 6.92 Å². The highest BCUT2D eigenvalue weighted by atomic mass is 28.4. The first-order chi connectivity index (χ1) is 16.7. The molecular weight excluding hydrogens is 506 g/mol. The topological polar surface area (TPSA) is 131 Å². The lowest BCUT2D eigenvalue weighted by Crippen LogP contribution is -2.46. The second kappa shape index (κ2) is 9.94. The van der Waals surface area contributed by atoms with Crippen molar-refractivity contribution >= 4 is 39.7 Å². The van der Waals surface area contributed by atoms with Crippen LogP contribution in [0.3, 0.4) is 0 Å². The van der Waals surface area contributed by atoms with Gasteiger partial charge < -0.3 is 8.85 Å². The lowest BCUT2D eigenvalue weighted by Gasteiger charge is -2.41. The minimum absolute atomic E-state index is 0.0163. The third-order valence-electron chi connectivity index (χ3n) is 8.56. The molecular formula is C25H45N5O5Si2. The van der Waals surface area contributed by atoms with Gasteiger partial charge in [-0.3, -0.25) is 29.4 Å². The first-order valence-corrected chi connectivity index (χ1v) is 18.9. The molecule has 0 saturated heterocycles. The fourth-order valence-electron chi connectivity index (χ4n) is 4.25. The van der Waals surface area contributed by atoms with Crippen molar-refractivity contribution < 1.29 is 13.6 Å². The van der Waals surface area contributed by atoms with Crippen LogP contribution in [0, 0.1) is 5.92 Å². The van der Waals surface area contributed by atoms with E-state index in [0.717, 1.165) is 0 Å². The summed E-state index contributed by atoms with van der Waals surface area (Å²) in [4.78, 5) is 46.9. The van der Waals surface area contributed by atoms with Crippen LogP contribution in [-0.2, 0) is 13.6 Å². The molecule has 0 aromatic carbocycles. The smallest absolute Gasteiger partial charge is 0.328 e. The molecule has 0 radical (unpaired) electrons. The van der Waals surface area contributed by atoms with Crippen molar-refractivity contribution in [2.75, 3.05) is 11.9 Å². The van der Waals surface area contributed by atoms with Gasteiger partial charge in [-0.25, -0.2) is 4.79 Å². The number of nitrogens with one attached hydrogen (secondary N) is 3. The first-order valence-electron chi connectivity index (χ1n) is 13.1. The van der Waals surface area contributed by atoms with E-state index >= 15 is 0 Å². The van der Waals surface area contributed by atoms with Crippen molar-refractivity contribution in [1.82, 2.24) is 19.5 Å². The molecule has 10 nitrogen and oxygen atoms in total. The van der Waals surface area contributed by atoms with Crippen LogP contribution >= 0.6 is 0 Å². The molecule has 2 aromatic rings. The van der Waals surface area contributed by atoms with E-state index in [9.17, 15) is 14.4 Å². The average molecular weight is 552 g/mol. The van der Waals surface area contributed by atoms with Crippen LogP contribution in [0.1, 0.15) is 67.3 Å². The first kappa shape index (κ1) is 29.5. The molecule has 0 aliphatic heterocycles. The fourth-order valence-corrected chi connectivity index (χ4v) is 6.71. The highest BCUT2D eigenvalue weighted by Gasteiger charge is 2.46. The number of hydrogen-bond donors (Lipinski definition) is 3. The molecule has 2 aromatic heterocycles. The van der Waals surface area contributed by atoms with Gasteiger partial charge in [0.05, 0.1) is 6.10 Å². The van der Waals surface area contributed by atoms with Gasteiger partial charge in [0.15, 0.2) is 27.8 Å². The summed E-state index contributed by atoms with van der Waals surface area (Å²) in [6, 6.07) is -0.219. The van der Waals surface area contributed by atoms with Crippen molar-refractivity contribution in [2.24, 2.45) is 5.92 Å². The number of rotatable bonds is 7. The van der Waals surface area contributed by atoms with Crippen LogP contribution in [0.2, 0.25) is 36.3 Å². The molecule has 208 valence electrons. The van der Waals surface area contributed by atoms with Crippen molar-refractivity contribution in [3.63, 3.8) is 0 Å². The molecule has 0 spiro atoms. The zero-order valence-corrected chi connectivity index (χ0v) is 26.3. The SMILES string of the molecule is CC(=O)Nc1nc2c([nH]c(=O)n2[C@@H]2C[C@H](CO[Si](C)(C)C(C)(C)C)[C@@H](O[Si](C)(C)C(C)(C)C)C2)c(=O)[nH]1. The maximum absolute atomic E-state index is 13.1. The highest BCUT2D eigenvalue weighted by Crippen LogP contribution is 2.45. The van der Waals surface area contributed by atoms with Gasteiger partial charge in [0, 0.05) is 25.5 Å². The van der Waals surface area contributed by atoms with Crippen molar-refractivity contribution in [2.45, 2.75) is 110 Å². The van der Waals surface area contributed by atoms with Crippen molar-refractivity contribution in [3.8, 4) is 0 Å². The molecule has 2 heterocycles. The summed E-state index contributed by atoms with van der Waals surface area (Å²) >= 11 is 0. The Morgan fingerprint density at radius 3 is 2.16 bits per heavy atom. The number of carbonyl (C=O) groups is 1. The Bertz CT molecular complexity index is 1270. The predicted octanol–water partition coefficient (Wildman–Crippen LogP) is 4.73. The van der Waals surface area contributed by atoms with Gasteiger partial charge in [0.1, 0.15) is 0 Å². The fraction of sp³-hybridized carbons (Fsp3) is 0.760. The summed E-state index contributed by atoms with van der Waals surface area (Å²) in [7, 11) is -4.09. The summed E-state index contributed by atoms with van der Waals surface area (Å²) in [6.45, 7) is 24.2. The Labute approximate surface area is 221 Å². The Morgan fingerprint density at radius 2 is 1.62 bits per heavy atom. The molecule has 1 aliphatic rings. The average Bonchev–Trinajstić information content (AvgIpc) is 3.23. The molecule has 1 saturated carbocycles. The lowest BCUT2D eigenvalue weighted by molar-refractivity contribution is -0.114. The number of anilines is 1. The predicted molar refractivity (Wildman–Crippen MR) is 152 cm³/mol. The number of aromatic nitrogens is 4. The van der Waals surface area contributed by atoms with Crippen LogP contribution in [0.25, 0.3) is 11.2 Å². The van der Waals surface area contributed by atoms with E-state index in [1.807, 2.05) is 0 Å². The number of aromatic amines is 2. The van der Waals surface area contributed by atoms with E-state index < -0.39 is 27.9 Å². The molecule has 1 amide bonds. The maximum Gasteiger partial charge on any atom is 0.328 e. The van der Waals surface area contributed by atoms with Gasteiger partial charge in [-0.2, -0.15) is 4.98 Å². The highest BCUT2D eigenvalue weighted by molar-refractivity contribution is 6.74. The van der Waals surface area contributed by atoms with E-state index in [0.29, 0.717) is 19.4 Å². The van der Waals surface area contributed by atoms with E-state index in [-0.39, 0.29) is 51.2 Å². The van der Waals surface area contributed by atoms with E-state index in [2.05, 4.69) is 88.0 Å². The van der Waals surface area contributed by atoms with Gasteiger partial charge in [-0.1, -0.05) is 41.5 Å². The number of fused-ring (bicyclic) bond motifs is 1. The summed E-state index contributed by atoms with van der Waals surface area (Å²) in [5.41, 5.74) is -0.564. The van der Waals surface area contributed by atoms with Gasteiger partial charge in [-0.05, 0) is 49.1 Å². The molecule has 3 rings (SSSR count). The number of hydrogen-bond acceptors (Lipinski definition) is 6. The number of H-pyrrole nitrogens is 2. The van der Waals surface area contributed by atoms with Crippen LogP contribution in [0.15, 0.2) is 9.59 Å². The molecule has 12 heteroatoms. The van der Waals surface area contributed by atoms with Gasteiger partial charge in [-0.15, -0.1) is 0 Å². The minimum Gasteiger partial charge on any atom is -0.416 e. The summed E-state index contributed by atoms with van der Waals surface area (Å²) in [5, 5.41) is 2.63. The van der Waals surface area contributed by atoms with E-state index in [4.69, 9.17) is 8.85 Å². The standard InChI is InChI=1S/C25H45N5O5Si2/c1-15(31)26-22-28-20-19(21(32)29-22)27-23(33)30(20)17-12-16(14-34-36(8,9)24(2,3)4)18(13-17)35-37(10,11)25(5,6)7/h16-18H,12-14H2,1-11H3,(H,27,33)(H2,26,28,29,31,32)/t16-,17-,18+/m1/s1.